The molecule has 3 aromatic rings. The molecule has 0 atom stereocenters. The van der Waals surface area contributed by atoms with Crippen LogP contribution in [0.5, 0.6) is 0 Å². The number of pyridine rings is 1. The third-order valence-electron chi connectivity index (χ3n) is 3.83. The number of thiazole rings is 1. The second-order valence-electron chi connectivity index (χ2n) is 5.92. The fourth-order valence-corrected chi connectivity index (χ4v) is 3.28. The lowest BCUT2D eigenvalue weighted by Gasteiger charge is -2.06. The highest BCUT2D eigenvalue weighted by molar-refractivity contribution is 7.13. The van der Waals surface area contributed by atoms with E-state index in [1.54, 1.807) is 12.4 Å². The lowest BCUT2D eigenvalue weighted by molar-refractivity contribution is -0.125. The Labute approximate surface area is 161 Å². The summed E-state index contributed by atoms with van der Waals surface area (Å²) in [5.41, 5.74) is 2.77. The van der Waals surface area contributed by atoms with E-state index < -0.39 is 0 Å². The van der Waals surface area contributed by atoms with Gasteiger partial charge < -0.3 is 10.6 Å². The summed E-state index contributed by atoms with van der Waals surface area (Å²) in [5, 5.41) is 8.10. The van der Waals surface area contributed by atoms with Crippen molar-refractivity contribution in [1.29, 1.82) is 0 Å². The van der Waals surface area contributed by atoms with Crippen molar-refractivity contribution in [2.24, 2.45) is 0 Å². The fraction of sp³-hybridized carbons (Fsp3) is 0.200. The summed E-state index contributed by atoms with van der Waals surface area (Å²) in [6.45, 7) is 0.506. The average molecular weight is 380 g/mol. The minimum atomic E-state index is -0.226. The van der Waals surface area contributed by atoms with Gasteiger partial charge in [-0.2, -0.15) is 0 Å². The van der Waals surface area contributed by atoms with E-state index in [2.05, 4.69) is 20.6 Å². The van der Waals surface area contributed by atoms with Crippen LogP contribution in [0.4, 0.5) is 0 Å². The molecule has 7 heteroatoms. The summed E-state index contributed by atoms with van der Waals surface area (Å²) in [4.78, 5) is 32.4. The maximum absolute atomic E-state index is 12.0. The molecule has 2 heterocycles. The number of nitrogens with one attached hydrogen (secondary N) is 2. The smallest absolute Gasteiger partial charge is 0.239 e. The molecule has 1 aromatic carbocycles. The minimum absolute atomic E-state index is 0.0345. The molecule has 27 heavy (non-hydrogen) atoms. The number of carbonyl (C=O) groups excluding carboxylic acids is 2. The monoisotopic (exact) mass is 380 g/mol. The molecule has 6 nitrogen and oxygen atoms in total. The zero-order valence-electron chi connectivity index (χ0n) is 14.7. The van der Waals surface area contributed by atoms with Crippen molar-refractivity contribution in [3.63, 3.8) is 0 Å². The van der Waals surface area contributed by atoms with Crippen molar-refractivity contribution in [3.05, 3.63) is 71.5 Å². The van der Waals surface area contributed by atoms with Gasteiger partial charge in [0.15, 0.2) is 0 Å². The predicted molar refractivity (Wildman–Crippen MR) is 105 cm³/mol. The molecule has 2 N–H and O–H groups in total. The molecule has 0 aliphatic heterocycles. The summed E-state index contributed by atoms with van der Waals surface area (Å²) < 4.78 is 0. The first-order valence-corrected chi connectivity index (χ1v) is 9.51. The molecule has 0 bridgehead atoms. The highest BCUT2D eigenvalue weighted by Crippen LogP contribution is 2.22. The topological polar surface area (TPSA) is 84.0 Å². The lowest BCUT2D eigenvalue weighted by atomic mass is 10.1. The zero-order valence-corrected chi connectivity index (χ0v) is 15.5. The Morgan fingerprint density at radius 3 is 2.63 bits per heavy atom. The van der Waals surface area contributed by atoms with Crippen molar-refractivity contribution in [3.8, 4) is 10.6 Å². The molecular weight excluding hydrogens is 360 g/mol. The van der Waals surface area contributed by atoms with E-state index in [9.17, 15) is 9.59 Å². The molecule has 2 amide bonds. The van der Waals surface area contributed by atoms with Gasteiger partial charge in [0.25, 0.3) is 0 Å². The van der Waals surface area contributed by atoms with Gasteiger partial charge in [-0.15, -0.1) is 11.3 Å². The van der Waals surface area contributed by atoms with Gasteiger partial charge in [0.2, 0.25) is 11.8 Å². The molecule has 0 fully saturated rings. The molecule has 0 saturated carbocycles. The lowest BCUT2D eigenvalue weighted by Crippen LogP contribution is -2.38. The normalized spacial score (nSPS) is 10.4. The number of amides is 2. The number of carbonyl (C=O) groups is 2. The number of hydrogen-bond acceptors (Lipinski definition) is 5. The van der Waals surface area contributed by atoms with Crippen LogP contribution in [0.25, 0.3) is 10.6 Å². The van der Waals surface area contributed by atoms with Gasteiger partial charge in [0.05, 0.1) is 18.7 Å². The van der Waals surface area contributed by atoms with Crippen LogP contribution in [0, 0.1) is 0 Å². The van der Waals surface area contributed by atoms with Gasteiger partial charge in [-0.1, -0.05) is 30.3 Å². The van der Waals surface area contributed by atoms with Crippen molar-refractivity contribution >= 4 is 23.2 Å². The number of benzene rings is 1. The number of nitrogens with zero attached hydrogens (tertiary/aromatic N) is 2. The summed E-state index contributed by atoms with van der Waals surface area (Å²) in [6, 6.07) is 13.7. The molecule has 0 aliphatic carbocycles. The Morgan fingerprint density at radius 1 is 1.00 bits per heavy atom. The summed E-state index contributed by atoms with van der Waals surface area (Å²) in [6.07, 6.45) is 4.35. The highest BCUT2D eigenvalue weighted by Gasteiger charge is 2.10. The van der Waals surface area contributed by atoms with Crippen molar-refractivity contribution in [2.45, 2.75) is 12.8 Å². The SMILES string of the molecule is O=C(CNC(=O)Cc1csc(-c2cccnc2)n1)NCCc1ccccc1. The first kappa shape index (κ1) is 18.7. The summed E-state index contributed by atoms with van der Waals surface area (Å²) in [5.74, 6) is -0.426. The van der Waals surface area contributed by atoms with Gasteiger partial charge in [-0.05, 0) is 24.1 Å². The first-order valence-electron chi connectivity index (χ1n) is 8.63. The third-order valence-corrected chi connectivity index (χ3v) is 4.77. The maximum atomic E-state index is 12.0. The Morgan fingerprint density at radius 2 is 1.85 bits per heavy atom. The van der Waals surface area contributed by atoms with Crippen molar-refractivity contribution in [2.75, 3.05) is 13.1 Å². The van der Waals surface area contributed by atoms with Crippen LogP contribution >= 0.6 is 11.3 Å². The minimum Gasteiger partial charge on any atom is -0.354 e. The van der Waals surface area contributed by atoms with Gasteiger partial charge >= 0.3 is 0 Å². The van der Waals surface area contributed by atoms with Gasteiger partial charge in [-0.3, -0.25) is 14.6 Å². The van der Waals surface area contributed by atoms with Gasteiger partial charge in [0.1, 0.15) is 5.01 Å². The molecule has 138 valence electrons. The predicted octanol–water partition coefficient (Wildman–Crippen LogP) is 2.22. The number of hydrogen-bond donors (Lipinski definition) is 2. The van der Waals surface area contributed by atoms with Crippen LogP contribution in [0.15, 0.2) is 60.2 Å². The van der Waals surface area contributed by atoms with Gasteiger partial charge in [-0.25, -0.2) is 4.98 Å². The molecule has 3 rings (SSSR count). The van der Waals surface area contributed by atoms with Crippen molar-refractivity contribution < 1.29 is 9.59 Å². The largest absolute Gasteiger partial charge is 0.354 e. The second kappa shape index (κ2) is 9.59. The number of rotatable bonds is 8. The molecular formula is C20H20N4O2S. The van der Waals surface area contributed by atoms with E-state index in [1.165, 1.54) is 11.3 Å². The molecule has 0 spiro atoms. The molecule has 0 saturated heterocycles. The van der Waals surface area contributed by atoms with E-state index in [0.29, 0.717) is 12.2 Å². The first-order chi connectivity index (χ1) is 13.2. The van der Waals surface area contributed by atoms with E-state index in [4.69, 9.17) is 0 Å². The Balaban J connectivity index is 1.38. The van der Waals surface area contributed by atoms with E-state index >= 15 is 0 Å². The van der Waals surface area contributed by atoms with E-state index in [-0.39, 0.29) is 24.8 Å². The molecule has 0 unspecified atom stereocenters. The maximum Gasteiger partial charge on any atom is 0.239 e. The fourth-order valence-electron chi connectivity index (χ4n) is 2.47. The average Bonchev–Trinajstić information content (AvgIpc) is 3.16. The quantitative estimate of drug-likeness (QED) is 0.628. The Bertz CT molecular complexity index is 881. The Kier molecular flexibility index (Phi) is 6.65. The standard InChI is InChI=1S/C20H20N4O2S/c25-18(11-17-14-27-20(24-17)16-7-4-9-21-12-16)23-13-19(26)22-10-8-15-5-2-1-3-6-15/h1-7,9,12,14H,8,10-11,13H2,(H,22,26)(H,23,25). The number of aromatic nitrogens is 2. The third kappa shape index (κ3) is 6.00. The molecule has 0 radical (unpaired) electrons. The second-order valence-corrected chi connectivity index (χ2v) is 6.78. The zero-order chi connectivity index (χ0) is 18.9. The Hall–Kier alpha value is -3.06. The van der Waals surface area contributed by atoms with Crippen LogP contribution in [0.2, 0.25) is 0 Å². The summed E-state index contributed by atoms with van der Waals surface area (Å²) >= 11 is 1.47. The van der Waals surface area contributed by atoms with Crippen LogP contribution in [-0.2, 0) is 22.4 Å². The van der Waals surface area contributed by atoms with Crippen LogP contribution < -0.4 is 10.6 Å². The summed E-state index contributed by atoms with van der Waals surface area (Å²) in [7, 11) is 0. The van der Waals surface area contributed by atoms with Gasteiger partial charge in [0, 0.05) is 29.9 Å². The molecule has 2 aromatic heterocycles. The van der Waals surface area contributed by atoms with E-state index in [1.807, 2.05) is 47.8 Å². The van der Waals surface area contributed by atoms with Crippen LogP contribution in [0.3, 0.4) is 0 Å². The highest BCUT2D eigenvalue weighted by atomic mass is 32.1. The van der Waals surface area contributed by atoms with Crippen LogP contribution in [-0.4, -0.2) is 34.9 Å². The van der Waals surface area contributed by atoms with Crippen LogP contribution in [0.1, 0.15) is 11.3 Å². The molecule has 0 aliphatic rings. The van der Waals surface area contributed by atoms with E-state index in [0.717, 1.165) is 22.6 Å². The van der Waals surface area contributed by atoms with Crippen molar-refractivity contribution in [1.82, 2.24) is 20.6 Å².